The Kier molecular flexibility index (Phi) is 3.87. The number of amides is 2. The van der Waals surface area contributed by atoms with Gasteiger partial charge in [-0.05, 0) is 17.8 Å². The summed E-state index contributed by atoms with van der Waals surface area (Å²) in [7, 11) is 0. The lowest BCUT2D eigenvalue weighted by Gasteiger charge is -2.21. The first-order chi connectivity index (χ1) is 8.40. The van der Waals surface area contributed by atoms with Crippen LogP contribution in [0.3, 0.4) is 0 Å². The maximum atomic E-state index is 11.7. The van der Waals surface area contributed by atoms with E-state index in [0.717, 1.165) is 0 Å². The maximum absolute atomic E-state index is 11.7. The summed E-state index contributed by atoms with van der Waals surface area (Å²) in [6.07, 6.45) is -0.409. The first kappa shape index (κ1) is 15.8. The molecule has 1 atom stereocenters. The fraction of sp³-hybridized carbons (Fsp3) is 0.846. The molecular formula is C13H24N2O4. The molecule has 6 heteroatoms. The fourth-order valence-electron chi connectivity index (χ4n) is 2.40. The maximum Gasteiger partial charge on any atom is 0.315 e. The molecule has 110 valence electrons. The lowest BCUT2D eigenvalue weighted by atomic mass is 10.0. The highest BCUT2D eigenvalue weighted by Crippen LogP contribution is 2.62. The van der Waals surface area contributed by atoms with E-state index in [1.165, 1.54) is 6.92 Å². The van der Waals surface area contributed by atoms with Gasteiger partial charge >= 0.3 is 12.0 Å². The third kappa shape index (κ3) is 3.37. The lowest BCUT2D eigenvalue weighted by Crippen LogP contribution is -2.47. The highest BCUT2D eigenvalue weighted by Gasteiger charge is 2.65. The second kappa shape index (κ2) is 4.67. The van der Waals surface area contributed by atoms with E-state index in [-0.39, 0.29) is 29.4 Å². The molecule has 0 heterocycles. The lowest BCUT2D eigenvalue weighted by molar-refractivity contribution is -0.141. The number of carbonyl (C=O) groups is 2. The number of nitrogens with one attached hydrogen (secondary N) is 2. The number of carbonyl (C=O) groups excluding carboxylic acids is 1. The van der Waals surface area contributed by atoms with Crippen LogP contribution in [0.1, 0.15) is 41.0 Å². The highest BCUT2D eigenvalue weighted by molar-refractivity contribution is 5.75. The van der Waals surface area contributed by atoms with E-state index in [1.54, 1.807) is 0 Å². The molecule has 0 aromatic heterocycles. The van der Waals surface area contributed by atoms with Gasteiger partial charge in [0.25, 0.3) is 0 Å². The Balaban J connectivity index is 2.40. The van der Waals surface area contributed by atoms with Crippen molar-refractivity contribution in [1.82, 2.24) is 10.6 Å². The monoisotopic (exact) mass is 272 g/mol. The molecule has 0 spiro atoms. The van der Waals surface area contributed by atoms with Gasteiger partial charge in [0.1, 0.15) is 0 Å². The van der Waals surface area contributed by atoms with Crippen LogP contribution in [0.5, 0.6) is 0 Å². The van der Waals surface area contributed by atoms with Crippen molar-refractivity contribution in [2.75, 3.05) is 6.54 Å². The van der Waals surface area contributed by atoms with Gasteiger partial charge in [-0.1, -0.05) is 27.7 Å². The van der Waals surface area contributed by atoms with Gasteiger partial charge in [-0.15, -0.1) is 0 Å². The number of aliphatic carboxylic acids is 1. The van der Waals surface area contributed by atoms with E-state index in [0.29, 0.717) is 0 Å². The smallest absolute Gasteiger partial charge is 0.315 e. The van der Waals surface area contributed by atoms with E-state index < -0.39 is 18.0 Å². The normalized spacial score (nSPS) is 23.3. The van der Waals surface area contributed by atoms with Crippen molar-refractivity contribution >= 4 is 12.0 Å². The number of carboxylic acids is 1. The second-order valence-electron chi connectivity index (χ2n) is 6.77. The predicted molar refractivity (Wildman–Crippen MR) is 70.8 cm³/mol. The molecule has 6 nitrogen and oxygen atoms in total. The number of rotatable bonds is 5. The Morgan fingerprint density at radius 1 is 1.21 bits per heavy atom. The Labute approximate surface area is 113 Å². The summed E-state index contributed by atoms with van der Waals surface area (Å²) in [6, 6.07) is -0.307. The molecule has 0 bridgehead atoms. The van der Waals surface area contributed by atoms with Crippen LogP contribution >= 0.6 is 0 Å². The molecule has 1 rings (SSSR count). The van der Waals surface area contributed by atoms with Gasteiger partial charge in [-0.25, -0.2) is 4.79 Å². The van der Waals surface area contributed by atoms with Gasteiger partial charge in [-0.3, -0.25) is 4.79 Å². The van der Waals surface area contributed by atoms with Crippen LogP contribution in [0.4, 0.5) is 4.79 Å². The molecule has 0 aliphatic heterocycles. The van der Waals surface area contributed by atoms with Crippen molar-refractivity contribution in [3.63, 3.8) is 0 Å². The molecule has 4 N–H and O–H groups in total. The summed E-state index contributed by atoms with van der Waals surface area (Å²) in [5.74, 6) is -1.10. The average Bonchev–Trinajstić information content (AvgIpc) is 2.56. The van der Waals surface area contributed by atoms with Gasteiger partial charge in [-0.2, -0.15) is 0 Å². The zero-order chi connectivity index (χ0) is 15.1. The third-order valence-electron chi connectivity index (χ3n) is 4.46. The molecule has 1 aliphatic rings. The van der Waals surface area contributed by atoms with Gasteiger partial charge in [0.05, 0.1) is 12.0 Å². The molecule has 0 saturated heterocycles. The average molecular weight is 272 g/mol. The van der Waals surface area contributed by atoms with Crippen LogP contribution in [0, 0.1) is 10.8 Å². The van der Waals surface area contributed by atoms with Crippen molar-refractivity contribution in [2.24, 2.45) is 10.8 Å². The Bertz CT molecular complexity index is 374. The zero-order valence-corrected chi connectivity index (χ0v) is 12.2. The summed E-state index contributed by atoms with van der Waals surface area (Å²) in [5.41, 5.74) is -1.38. The number of hydrogen-bond donors (Lipinski definition) is 4. The minimum Gasteiger partial charge on any atom is -0.481 e. The number of urea groups is 1. The summed E-state index contributed by atoms with van der Waals surface area (Å²) < 4.78 is 0. The zero-order valence-electron chi connectivity index (χ0n) is 12.2. The Morgan fingerprint density at radius 3 is 2.05 bits per heavy atom. The van der Waals surface area contributed by atoms with Gasteiger partial charge in [0.2, 0.25) is 0 Å². The standard InChI is InChI=1S/C13H24N2O4/c1-11(2)9(12(11,3)4)15-10(18)14-7-13(5,19)6-8(16)17/h9,19H,6-7H2,1-5H3,(H,16,17)(H2,14,15,18). The molecule has 0 aromatic carbocycles. The van der Waals surface area contributed by atoms with Crippen LogP contribution in [-0.2, 0) is 4.79 Å². The summed E-state index contributed by atoms with van der Waals surface area (Å²) >= 11 is 0. The van der Waals surface area contributed by atoms with Crippen molar-refractivity contribution < 1.29 is 19.8 Å². The van der Waals surface area contributed by atoms with E-state index in [1.807, 2.05) is 0 Å². The molecule has 2 amide bonds. The minimum atomic E-state index is -1.45. The van der Waals surface area contributed by atoms with Crippen LogP contribution in [0.2, 0.25) is 0 Å². The van der Waals surface area contributed by atoms with Crippen LogP contribution in [0.25, 0.3) is 0 Å². The molecular weight excluding hydrogens is 248 g/mol. The second-order valence-corrected chi connectivity index (χ2v) is 6.77. The van der Waals surface area contributed by atoms with Crippen molar-refractivity contribution in [1.29, 1.82) is 0 Å². The minimum absolute atomic E-state index is 0.0356. The van der Waals surface area contributed by atoms with Gasteiger partial charge < -0.3 is 20.8 Å². The summed E-state index contributed by atoms with van der Waals surface area (Å²) in [4.78, 5) is 22.3. The fourth-order valence-corrected chi connectivity index (χ4v) is 2.40. The van der Waals surface area contributed by atoms with Crippen molar-refractivity contribution in [2.45, 2.75) is 52.7 Å². The van der Waals surface area contributed by atoms with Gasteiger partial charge in [0.15, 0.2) is 0 Å². The number of carboxylic acid groups (broad SMARTS) is 1. The topological polar surface area (TPSA) is 98.7 Å². The summed E-state index contributed by atoms with van der Waals surface area (Å²) in [5, 5.41) is 23.7. The third-order valence-corrected chi connectivity index (χ3v) is 4.46. The molecule has 0 aromatic rings. The molecule has 19 heavy (non-hydrogen) atoms. The summed E-state index contributed by atoms with van der Waals surface area (Å²) in [6.45, 7) is 9.61. The largest absolute Gasteiger partial charge is 0.481 e. The molecule has 1 saturated carbocycles. The molecule has 0 radical (unpaired) electrons. The van der Waals surface area contributed by atoms with Crippen LogP contribution in [0.15, 0.2) is 0 Å². The molecule has 1 unspecified atom stereocenters. The SMILES string of the molecule is CC(O)(CNC(=O)NC1C(C)(C)C1(C)C)CC(=O)O. The van der Waals surface area contributed by atoms with Gasteiger partial charge in [0, 0.05) is 12.6 Å². The number of aliphatic hydroxyl groups is 1. The molecule has 1 aliphatic carbocycles. The van der Waals surface area contributed by atoms with Crippen molar-refractivity contribution in [3.8, 4) is 0 Å². The molecule has 1 fully saturated rings. The van der Waals surface area contributed by atoms with Crippen LogP contribution < -0.4 is 10.6 Å². The quantitative estimate of drug-likeness (QED) is 0.598. The van der Waals surface area contributed by atoms with E-state index in [2.05, 4.69) is 38.3 Å². The number of hydrogen-bond acceptors (Lipinski definition) is 3. The van der Waals surface area contributed by atoms with Crippen molar-refractivity contribution in [3.05, 3.63) is 0 Å². The Morgan fingerprint density at radius 2 is 1.68 bits per heavy atom. The van der Waals surface area contributed by atoms with E-state index in [4.69, 9.17) is 5.11 Å². The Hall–Kier alpha value is -1.30. The highest BCUT2D eigenvalue weighted by atomic mass is 16.4. The van der Waals surface area contributed by atoms with E-state index >= 15 is 0 Å². The predicted octanol–water partition coefficient (Wildman–Crippen LogP) is 0.946. The first-order valence-corrected chi connectivity index (χ1v) is 6.39. The van der Waals surface area contributed by atoms with E-state index in [9.17, 15) is 14.7 Å². The first-order valence-electron chi connectivity index (χ1n) is 6.39. The van der Waals surface area contributed by atoms with Crippen LogP contribution in [-0.4, -0.2) is 40.4 Å².